The first-order valence-electron chi connectivity index (χ1n) is 11.2. The zero-order chi connectivity index (χ0) is 24.9. The van der Waals surface area contributed by atoms with E-state index in [-0.39, 0.29) is 24.8 Å². The maximum absolute atomic E-state index is 14.5. The number of hydrogen-bond acceptors (Lipinski definition) is 6. The summed E-state index contributed by atoms with van der Waals surface area (Å²) in [5, 5.41) is 7.16. The van der Waals surface area contributed by atoms with E-state index >= 15 is 0 Å². The number of fused-ring (bicyclic) bond motifs is 2. The van der Waals surface area contributed by atoms with Crippen molar-refractivity contribution in [1.82, 2.24) is 29.0 Å². The Morgan fingerprint density at radius 3 is 2.74 bits per heavy atom. The summed E-state index contributed by atoms with van der Waals surface area (Å²) in [4.78, 5) is 10.3. The number of imidazole rings is 1. The number of benzene rings is 1. The average molecular weight is 491 g/mol. The lowest BCUT2D eigenvalue weighted by Crippen LogP contribution is -2.53. The fraction of sp³-hybridized carbons (Fsp3) is 0.435. The molecule has 0 spiro atoms. The van der Waals surface area contributed by atoms with Crippen LogP contribution >= 0.6 is 0 Å². The molecule has 1 saturated heterocycles. The highest BCUT2D eigenvalue weighted by Gasteiger charge is 2.44. The Kier molecular flexibility index (Phi) is 5.78. The van der Waals surface area contributed by atoms with Crippen LogP contribution in [0.3, 0.4) is 0 Å². The maximum atomic E-state index is 14.5. The van der Waals surface area contributed by atoms with Crippen molar-refractivity contribution in [3.8, 4) is 17.0 Å². The Morgan fingerprint density at radius 2 is 2.03 bits per heavy atom. The Labute approximate surface area is 198 Å². The third-order valence-corrected chi connectivity index (χ3v) is 6.34. The van der Waals surface area contributed by atoms with Gasteiger partial charge in [0.2, 0.25) is 11.8 Å². The van der Waals surface area contributed by atoms with Crippen molar-refractivity contribution in [1.29, 1.82) is 0 Å². The number of ether oxygens (including phenoxy) is 1. The number of likely N-dealkylation sites (tertiary alicyclic amines) is 1. The van der Waals surface area contributed by atoms with E-state index in [1.165, 1.54) is 16.2 Å². The molecule has 1 aromatic carbocycles. The second-order valence-corrected chi connectivity index (χ2v) is 8.82. The molecular formula is C23H25F4N7O. The minimum Gasteiger partial charge on any atom is -0.479 e. The van der Waals surface area contributed by atoms with Crippen LogP contribution in [-0.2, 0) is 6.54 Å². The van der Waals surface area contributed by atoms with Gasteiger partial charge in [-0.25, -0.2) is 27.1 Å². The van der Waals surface area contributed by atoms with Crippen LogP contribution in [0.5, 0.6) is 5.88 Å². The molecule has 5 rings (SSSR count). The molecule has 0 amide bonds. The largest absolute Gasteiger partial charge is 0.479 e. The lowest BCUT2D eigenvalue weighted by Gasteiger charge is -2.36. The molecule has 1 aliphatic heterocycles. The van der Waals surface area contributed by atoms with Gasteiger partial charge in [-0.2, -0.15) is 4.98 Å². The SMILES string of the molecule is COc1nc(N[C@H]2CCN(C)CC2(F)F)nn2ccc(-c3ccc4nc(C)n(CC(F)F)c4c3)c12. The summed E-state index contributed by atoms with van der Waals surface area (Å²) >= 11 is 0. The summed E-state index contributed by atoms with van der Waals surface area (Å²) in [5.41, 5.74) is 3.18. The van der Waals surface area contributed by atoms with Gasteiger partial charge >= 0.3 is 0 Å². The van der Waals surface area contributed by atoms with Crippen molar-refractivity contribution in [3.63, 3.8) is 0 Å². The summed E-state index contributed by atoms with van der Waals surface area (Å²) < 4.78 is 63.8. The predicted molar refractivity (Wildman–Crippen MR) is 123 cm³/mol. The van der Waals surface area contributed by atoms with Gasteiger partial charge in [0.05, 0.1) is 37.3 Å². The standard InChI is InChI=1S/C23H25F4N7O/c1-13-28-16-5-4-14(10-17(16)33(13)11-19(24)25)15-6-9-34-20(15)21(35-3)30-22(31-34)29-18-7-8-32(2)12-23(18,26)27/h4-6,9-10,18-19H,7-8,11-12H2,1-3H3,(H,29,31)/t18-/m0/s1. The van der Waals surface area contributed by atoms with Gasteiger partial charge in [0.25, 0.3) is 12.3 Å². The normalized spacial score (nSPS) is 18.6. The van der Waals surface area contributed by atoms with Crippen molar-refractivity contribution in [3.05, 3.63) is 36.3 Å². The van der Waals surface area contributed by atoms with Crippen molar-refractivity contribution in [2.45, 2.75) is 38.3 Å². The number of methoxy groups -OCH3 is 1. The van der Waals surface area contributed by atoms with E-state index in [1.807, 2.05) is 6.07 Å². The van der Waals surface area contributed by atoms with E-state index in [4.69, 9.17) is 4.74 Å². The van der Waals surface area contributed by atoms with Gasteiger partial charge in [-0.3, -0.25) is 0 Å². The highest BCUT2D eigenvalue weighted by Crippen LogP contribution is 2.34. The zero-order valence-corrected chi connectivity index (χ0v) is 19.5. The van der Waals surface area contributed by atoms with Crippen molar-refractivity contribution in [2.24, 2.45) is 0 Å². The molecule has 1 N–H and O–H groups in total. The van der Waals surface area contributed by atoms with Gasteiger partial charge in [0, 0.05) is 18.3 Å². The van der Waals surface area contributed by atoms with Gasteiger partial charge in [-0.05, 0) is 44.2 Å². The number of alkyl halides is 4. The highest BCUT2D eigenvalue weighted by atomic mass is 19.3. The summed E-state index contributed by atoms with van der Waals surface area (Å²) in [7, 11) is 3.10. The first kappa shape index (κ1) is 23.3. The summed E-state index contributed by atoms with van der Waals surface area (Å²) in [6.07, 6.45) is -0.587. The smallest absolute Gasteiger partial charge is 0.280 e. The number of anilines is 1. The molecule has 8 nitrogen and oxygen atoms in total. The van der Waals surface area contributed by atoms with E-state index in [2.05, 4.69) is 20.4 Å². The van der Waals surface area contributed by atoms with Crippen molar-refractivity contribution < 1.29 is 22.3 Å². The van der Waals surface area contributed by atoms with Gasteiger partial charge < -0.3 is 19.5 Å². The number of nitrogens with zero attached hydrogens (tertiary/aromatic N) is 6. The van der Waals surface area contributed by atoms with Crippen molar-refractivity contribution in [2.75, 3.05) is 32.6 Å². The number of rotatable bonds is 6. The number of nitrogens with one attached hydrogen (secondary N) is 1. The quantitative estimate of drug-likeness (QED) is 0.410. The highest BCUT2D eigenvalue weighted by molar-refractivity contribution is 5.89. The van der Waals surface area contributed by atoms with E-state index in [0.29, 0.717) is 34.5 Å². The summed E-state index contributed by atoms with van der Waals surface area (Å²) in [6.45, 7) is 1.42. The molecule has 0 saturated carbocycles. The second kappa shape index (κ2) is 8.67. The second-order valence-electron chi connectivity index (χ2n) is 8.82. The predicted octanol–water partition coefficient (Wildman–Crippen LogP) is 4.08. The topological polar surface area (TPSA) is 72.5 Å². The van der Waals surface area contributed by atoms with Crippen LogP contribution in [0.1, 0.15) is 12.2 Å². The van der Waals surface area contributed by atoms with E-state index in [0.717, 1.165) is 5.56 Å². The van der Waals surface area contributed by atoms with Crippen LogP contribution in [0.15, 0.2) is 30.5 Å². The van der Waals surface area contributed by atoms with Crippen LogP contribution in [0, 0.1) is 6.92 Å². The lowest BCUT2D eigenvalue weighted by atomic mass is 10.0. The fourth-order valence-electron chi connectivity index (χ4n) is 4.65. The first-order chi connectivity index (χ1) is 16.7. The van der Waals surface area contributed by atoms with Gasteiger partial charge in [0.15, 0.2) is 0 Å². The van der Waals surface area contributed by atoms with Crippen LogP contribution in [0.4, 0.5) is 23.5 Å². The van der Waals surface area contributed by atoms with E-state index < -0.39 is 24.9 Å². The van der Waals surface area contributed by atoms with E-state index in [9.17, 15) is 17.6 Å². The number of aromatic nitrogens is 5. The van der Waals surface area contributed by atoms with Gasteiger partial charge in [-0.15, -0.1) is 5.10 Å². The molecule has 3 aromatic heterocycles. The van der Waals surface area contributed by atoms with Crippen LogP contribution in [0.25, 0.3) is 27.7 Å². The van der Waals surface area contributed by atoms with Crippen LogP contribution in [0.2, 0.25) is 0 Å². The monoisotopic (exact) mass is 491 g/mol. The number of halogens is 4. The molecule has 1 atom stereocenters. The Bertz CT molecular complexity index is 1380. The number of piperidine rings is 1. The number of aryl methyl sites for hydroxylation is 1. The molecule has 12 heteroatoms. The molecule has 4 heterocycles. The minimum atomic E-state index is -2.94. The molecule has 4 aromatic rings. The van der Waals surface area contributed by atoms with Gasteiger partial charge in [0.1, 0.15) is 11.3 Å². The molecule has 0 aliphatic carbocycles. The third-order valence-electron chi connectivity index (χ3n) is 6.34. The summed E-state index contributed by atoms with van der Waals surface area (Å²) in [6, 6.07) is 6.09. The molecule has 0 radical (unpaired) electrons. The molecule has 186 valence electrons. The molecule has 0 bridgehead atoms. The first-order valence-corrected chi connectivity index (χ1v) is 11.2. The zero-order valence-electron chi connectivity index (χ0n) is 19.5. The fourth-order valence-corrected chi connectivity index (χ4v) is 4.65. The maximum Gasteiger partial charge on any atom is 0.280 e. The van der Waals surface area contributed by atoms with Gasteiger partial charge in [-0.1, -0.05) is 6.07 Å². The molecule has 1 aliphatic rings. The summed E-state index contributed by atoms with van der Waals surface area (Å²) in [5.74, 6) is -2.20. The molecule has 1 fully saturated rings. The average Bonchev–Trinajstić information content (AvgIpc) is 3.35. The minimum absolute atomic E-state index is 0.0341. The van der Waals surface area contributed by atoms with Crippen LogP contribution < -0.4 is 10.1 Å². The molecule has 0 unspecified atom stereocenters. The molecular weight excluding hydrogens is 466 g/mol. The third kappa shape index (κ3) is 4.26. The Morgan fingerprint density at radius 1 is 1.23 bits per heavy atom. The Hall–Kier alpha value is -3.41. The molecule has 35 heavy (non-hydrogen) atoms. The number of hydrogen-bond donors (Lipinski definition) is 1. The van der Waals surface area contributed by atoms with Crippen molar-refractivity contribution >= 4 is 22.5 Å². The van der Waals surface area contributed by atoms with E-state index in [1.54, 1.807) is 43.3 Å². The van der Waals surface area contributed by atoms with Crippen LogP contribution in [-0.4, -0.2) is 74.7 Å². The Balaban J connectivity index is 1.54. The lowest BCUT2D eigenvalue weighted by molar-refractivity contribution is -0.0675.